The minimum absolute atomic E-state index is 0.620. The molecule has 3 heteroatoms. The molecule has 0 spiro atoms. The van der Waals surface area contributed by atoms with E-state index in [4.69, 9.17) is 14.2 Å². The second-order valence-electron chi connectivity index (χ2n) is 4.02. The standard InChI is InChI=1S/C17H16O3/c1-18-15-12-17(20-3)16(19-2)11-14(15)10-9-13-7-5-4-6-8-13/h4-8,11-12H,1-3H3. The largest absolute Gasteiger partial charge is 0.495 e. The topological polar surface area (TPSA) is 27.7 Å². The third-order valence-corrected chi connectivity index (χ3v) is 2.82. The Kier molecular flexibility index (Phi) is 4.52. The quantitative estimate of drug-likeness (QED) is 0.800. The number of hydrogen-bond donors (Lipinski definition) is 0. The van der Waals surface area contributed by atoms with E-state index in [0.29, 0.717) is 17.2 Å². The van der Waals surface area contributed by atoms with E-state index in [0.717, 1.165) is 11.1 Å². The van der Waals surface area contributed by atoms with Crippen LogP contribution in [0.2, 0.25) is 0 Å². The van der Waals surface area contributed by atoms with Crippen LogP contribution in [-0.4, -0.2) is 21.3 Å². The van der Waals surface area contributed by atoms with Crippen LogP contribution in [0, 0.1) is 11.8 Å². The fraction of sp³-hybridized carbons (Fsp3) is 0.176. The maximum absolute atomic E-state index is 5.34. The maximum Gasteiger partial charge on any atom is 0.164 e. The van der Waals surface area contributed by atoms with Gasteiger partial charge >= 0.3 is 0 Å². The van der Waals surface area contributed by atoms with E-state index in [1.807, 2.05) is 36.4 Å². The van der Waals surface area contributed by atoms with Crippen LogP contribution in [0.25, 0.3) is 0 Å². The zero-order valence-corrected chi connectivity index (χ0v) is 11.8. The third-order valence-electron chi connectivity index (χ3n) is 2.82. The summed E-state index contributed by atoms with van der Waals surface area (Å²) in [6.45, 7) is 0. The van der Waals surface area contributed by atoms with Gasteiger partial charge in [-0.2, -0.15) is 0 Å². The molecule has 2 aromatic carbocycles. The molecule has 2 aromatic rings. The third kappa shape index (κ3) is 3.04. The van der Waals surface area contributed by atoms with Gasteiger partial charge < -0.3 is 14.2 Å². The zero-order valence-electron chi connectivity index (χ0n) is 11.8. The summed E-state index contributed by atoms with van der Waals surface area (Å²) < 4.78 is 15.9. The van der Waals surface area contributed by atoms with Crippen molar-refractivity contribution in [1.82, 2.24) is 0 Å². The Balaban J connectivity index is 2.43. The average molecular weight is 268 g/mol. The number of ether oxygens (including phenoxy) is 3. The van der Waals surface area contributed by atoms with E-state index >= 15 is 0 Å². The molecule has 0 aliphatic rings. The van der Waals surface area contributed by atoms with Gasteiger partial charge in [-0.25, -0.2) is 0 Å². The lowest BCUT2D eigenvalue weighted by molar-refractivity contribution is 0.348. The first-order valence-corrected chi connectivity index (χ1v) is 6.15. The Hall–Kier alpha value is -2.60. The number of hydrogen-bond acceptors (Lipinski definition) is 3. The van der Waals surface area contributed by atoms with Crippen molar-refractivity contribution < 1.29 is 14.2 Å². The van der Waals surface area contributed by atoms with Crippen LogP contribution < -0.4 is 14.2 Å². The molecular weight excluding hydrogens is 252 g/mol. The summed E-state index contributed by atoms with van der Waals surface area (Å²) in [6, 6.07) is 13.4. The van der Waals surface area contributed by atoms with Gasteiger partial charge in [-0.1, -0.05) is 30.0 Å². The molecule has 102 valence electrons. The van der Waals surface area contributed by atoms with Crippen LogP contribution in [0.1, 0.15) is 11.1 Å². The van der Waals surface area contributed by atoms with Crippen LogP contribution in [-0.2, 0) is 0 Å². The van der Waals surface area contributed by atoms with Crippen LogP contribution in [0.5, 0.6) is 17.2 Å². The molecule has 0 heterocycles. The normalized spacial score (nSPS) is 9.35. The van der Waals surface area contributed by atoms with Gasteiger partial charge in [0.2, 0.25) is 0 Å². The minimum Gasteiger partial charge on any atom is -0.495 e. The number of benzene rings is 2. The van der Waals surface area contributed by atoms with E-state index in [1.165, 1.54) is 0 Å². The lowest BCUT2D eigenvalue weighted by Crippen LogP contribution is -1.95. The summed E-state index contributed by atoms with van der Waals surface area (Å²) in [5.74, 6) is 8.10. The van der Waals surface area contributed by atoms with Crippen molar-refractivity contribution in [1.29, 1.82) is 0 Å². The number of methoxy groups -OCH3 is 3. The van der Waals surface area contributed by atoms with Gasteiger partial charge in [-0.3, -0.25) is 0 Å². The molecule has 0 radical (unpaired) electrons. The molecule has 0 bridgehead atoms. The molecule has 0 fully saturated rings. The molecule has 20 heavy (non-hydrogen) atoms. The van der Waals surface area contributed by atoms with Gasteiger partial charge in [0.05, 0.1) is 26.9 Å². The SMILES string of the molecule is COc1cc(OC)c(OC)cc1C#Cc1ccccc1. The first-order chi connectivity index (χ1) is 9.78. The van der Waals surface area contributed by atoms with Crippen molar-refractivity contribution in [3.63, 3.8) is 0 Å². The molecular formula is C17H16O3. The fourth-order valence-corrected chi connectivity index (χ4v) is 1.79. The molecule has 0 atom stereocenters. The van der Waals surface area contributed by atoms with Gasteiger partial charge in [0.25, 0.3) is 0 Å². The Morgan fingerprint density at radius 1 is 0.700 bits per heavy atom. The van der Waals surface area contributed by atoms with Gasteiger partial charge in [0, 0.05) is 17.7 Å². The molecule has 0 saturated heterocycles. The molecule has 0 N–H and O–H groups in total. The van der Waals surface area contributed by atoms with Crippen molar-refractivity contribution in [3.05, 3.63) is 53.6 Å². The van der Waals surface area contributed by atoms with Gasteiger partial charge in [-0.15, -0.1) is 0 Å². The van der Waals surface area contributed by atoms with Crippen LogP contribution in [0.15, 0.2) is 42.5 Å². The second-order valence-corrected chi connectivity index (χ2v) is 4.02. The molecule has 0 aliphatic heterocycles. The lowest BCUT2D eigenvalue weighted by Gasteiger charge is -2.11. The minimum atomic E-state index is 0.620. The highest BCUT2D eigenvalue weighted by molar-refractivity contribution is 5.58. The Morgan fingerprint density at radius 3 is 1.90 bits per heavy atom. The average Bonchev–Trinajstić information content (AvgIpc) is 2.52. The fourth-order valence-electron chi connectivity index (χ4n) is 1.79. The molecule has 0 unspecified atom stereocenters. The lowest BCUT2D eigenvalue weighted by atomic mass is 10.1. The predicted octanol–water partition coefficient (Wildman–Crippen LogP) is 3.11. The van der Waals surface area contributed by atoms with Crippen LogP contribution >= 0.6 is 0 Å². The summed E-state index contributed by atoms with van der Waals surface area (Å²) in [6.07, 6.45) is 0. The van der Waals surface area contributed by atoms with Crippen molar-refractivity contribution in [2.45, 2.75) is 0 Å². The Labute approximate surface area is 119 Å². The van der Waals surface area contributed by atoms with Crippen molar-refractivity contribution >= 4 is 0 Å². The van der Waals surface area contributed by atoms with Gasteiger partial charge in [-0.05, 0) is 12.1 Å². The van der Waals surface area contributed by atoms with Crippen molar-refractivity contribution in [2.75, 3.05) is 21.3 Å². The number of rotatable bonds is 3. The molecule has 3 nitrogen and oxygen atoms in total. The maximum atomic E-state index is 5.34. The van der Waals surface area contributed by atoms with E-state index in [-0.39, 0.29) is 0 Å². The van der Waals surface area contributed by atoms with E-state index in [1.54, 1.807) is 27.4 Å². The molecule has 2 rings (SSSR count). The summed E-state index contributed by atoms with van der Waals surface area (Å²) >= 11 is 0. The summed E-state index contributed by atoms with van der Waals surface area (Å²) in [4.78, 5) is 0. The van der Waals surface area contributed by atoms with Crippen molar-refractivity contribution in [2.24, 2.45) is 0 Å². The first-order valence-electron chi connectivity index (χ1n) is 6.15. The van der Waals surface area contributed by atoms with E-state index in [2.05, 4.69) is 11.8 Å². The second kappa shape index (κ2) is 6.53. The van der Waals surface area contributed by atoms with Gasteiger partial charge in [0.1, 0.15) is 5.75 Å². The Morgan fingerprint density at radius 2 is 1.30 bits per heavy atom. The molecule has 0 saturated carbocycles. The van der Waals surface area contributed by atoms with Crippen LogP contribution in [0.4, 0.5) is 0 Å². The molecule has 0 aromatic heterocycles. The summed E-state index contributed by atoms with van der Waals surface area (Å²) in [5, 5.41) is 0. The van der Waals surface area contributed by atoms with E-state index in [9.17, 15) is 0 Å². The highest BCUT2D eigenvalue weighted by Crippen LogP contribution is 2.34. The van der Waals surface area contributed by atoms with Gasteiger partial charge in [0.15, 0.2) is 11.5 Å². The zero-order chi connectivity index (χ0) is 14.4. The smallest absolute Gasteiger partial charge is 0.164 e. The summed E-state index contributed by atoms with van der Waals surface area (Å²) in [7, 11) is 4.79. The monoisotopic (exact) mass is 268 g/mol. The Bertz CT molecular complexity index is 637. The van der Waals surface area contributed by atoms with Crippen molar-refractivity contribution in [3.8, 4) is 29.1 Å². The molecule has 0 aliphatic carbocycles. The highest BCUT2D eigenvalue weighted by Gasteiger charge is 2.10. The van der Waals surface area contributed by atoms with E-state index < -0.39 is 0 Å². The molecule has 0 amide bonds. The first kappa shape index (κ1) is 13.8. The highest BCUT2D eigenvalue weighted by atomic mass is 16.5. The predicted molar refractivity (Wildman–Crippen MR) is 78.5 cm³/mol. The summed E-state index contributed by atoms with van der Waals surface area (Å²) in [5.41, 5.74) is 1.71. The van der Waals surface area contributed by atoms with Crippen LogP contribution in [0.3, 0.4) is 0 Å².